The average Bonchev–Trinajstić information content (AvgIpc) is 2.57. The molecule has 0 aromatic heterocycles. The quantitative estimate of drug-likeness (QED) is 0.650. The molecule has 1 atom stereocenters. The summed E-state index contributed by atoms with van der Waals surface area (Å²) >= 11 is 4.38. The Morgan fingerprint density at radius 2 is 2.33 bits per heavy atom. The Kier molecular flexibility index (Phi) is 4.62. The molecule has 3 rings (SSSR count). The van der Waals surface area contributed by atoms with Crippen LogP contribution >= 0.6 is 12.6 Å². The number of benzene rings is 1. The van der Waals surface area contributed by atoms with Crippen molar-refractivity contribution < 1.29 is 4.79 Å². The number of carbonyl (C=O) groups is 1. The summed E-state index contributed by atoms with van der Waals surface area (Å²) in [6.07, 6.45) is 4.08. The maximum absolute atomic E-state index is 13.1. The number of hydrogen-bond acceptors (Lipinski definition) is 6. The highest BCUT2D eigenvalue weighted by molar-refractivity contribution is 7.80. The number of guanidine groups is 1. The smallest absolute Gasteiger partial charge is 0.263 e. The lowest BCUT2D eigenvalue weighted by Gasteiger charge is -2.44. The summed E-state index contributed by atoms with van der Waals surface area (Å²) in [5.41, 5.74) is 7.97. The van der Waals surface area contributed by atoms with E-state index in [-0.39, 0.29) is 11.9 Å². The van der Waals surface area contributed by atoms with Crippen LogP contribution in [0.1, 0.15) is 23.7 Å². The van der Waals surface area contributed by atoms with Gasteiger partial charge < -0.3 is 10.6 Å². The summed E-state index contributed by atoms with van der Waals surface area (Å²) in [7, 11) is 1.68. The molecule has 0 fully saturated rings. The fourth-order valence-corrected chi connectivity index (χ4v) is 3.29. The minimum atomic E-state index is -0.0890. The lowest BCUT2D eigenvalue weighted by molar-refractivity contribution is 0.0847. The Hall–Kier alpha value is -2.28. The van der Waals surface area contributed by atoms with E-state index in [9.17, 15) is 4.79 Å². The van der Waals surface area contributed by atoms with E-state index < -0.39 is 0 Å². The largest absolute Gasteiger partial charge is 0.404 e. The number of amides is 1. The predicted molar refractivity (Wildman–Crippen MR) is 100 cm³/mol. The van der Waals surface area contributed by atoms with Crippen molar-refractivity contribution in [3.8, 4) is 0 Å². The van der Waals surface area contributed by atoms with Gasteiger partial charge in [-0.15, -0.1) is 12.6 Å². The van der Waals surface area contributed by atoms with Crippen molar-refractivity contribution in [1.29, 1.82) is 0 Å². The van der Waals surface area contributed by atoms with Crippen LogP contribution in [0.2, 0.25) is 0 Å². The predicted octanol–water partition coefficient (Wildman–Crippen LogP) is 1.93. The molecule has 1 amide bonds. The first-order valence-corrected chi connectivity index (χ1v) is 8.33. The Labute approximate surface area is 147 Å². The van der Waals surface area contributed by atoms with Crippen LogP contribution in [0.4, 0.5) is 5.69 Å². The third kappa shape index (κ3) is 2.80. The minimum absolute atomic E-state index is 0.0890. The normalized spacial score (nSPS) is 21.0. The maximum Gasteiger partial charge on any atom is 0.263 e. The van der Waals surface area contributed by atoms with Gasteiger partial charge >= 0.3 is 0 Å². The molecule has 24 heavy (non-hydrogen) atoms. The summed E-state index contributed by atoms with van der Waals surface area (Å²) in [5, 5.41) is 0. The second-order valence-corrected chi connectivity index (χ2v) is 6.43. The third-order valence-electron chi connectivity index (χ3n) is 4.26. The fourth-order valence-electron chi connectivity index (χ4n) is 3.08. The number of rotatable bonds is 3. The van der Waals surface area contributed by atoms with Gasteiger partial charge in [-0.05, 0) is 31.5 Å². The van der Waals surface area contributed by atoms with Crippen LogP contribution in [0, 0.1) is 0 Å². The molecule has 2 aliphatic rings. The average molecular weight is 343 g/mol. The van der Waals surface area contributed by atoms with Gasteiger partial charge in [0, 0.05) is 42.5 Å². The Bertz CT molecular complexity index is 755. The first kappa shape index (κ1) is 16.6. The van der Waals surface area contributed by atoms with E-state index in [1.54, 1.807) is 18.2 Å². The molecular formula is C17H21N5OS. The highest BCUT2D eigenvalue weighted by Gasteiger charge is 2.38. The first-order valence-electron chi connectivity index (χ1n) is 7.88. The molecule has 1 aromatic rings. The molecule has 0 saturated heterocycles. The number of carbonyl (C=O) groups excluding carboxylic acids is 1. The molecule has 2 heterocycles. The second kappa shape index (κ2) is 6.68. The molecule has 2 aliphatic heterocycles. The number of nitrogens with zero attached hydrogens (tertiary/aromatic N) is 4. The maximum atomic E-state index is 13.1. The van der Waals surface area contributed by atoms with Crippen molar-refractivity contribution in [2.45, 2.75) is 24.3 Å². The monoisotopic (exact) mass is 343 g/mol. The molecule has 0 radical (unpaired) electrons. The zero-order valence-corrected chi connectivity index (χ0v) is 14.7. The van der Waals surface area contributed by atoms with Gasteiger partial charge in [0.05, 0.1) is 17.8 Å². The van der Waals surface area contributed by atoms with Crippen LogP contribution in [0.25, 0.3) is 0 Å². The van der Waals surface area contributed by atoms with E-state index in [4.69, 9.17) is 5.73 Å². The third-order valence-corrected chi connectivity index (χ3v) is 4.54. The van der Waals surface area contributed by atoms with Gasteiger partial charge in [0.15, 0.2) is 0 Å². The lowest BCUT2D eigenvalue weighted by atomic mass is 10.0. The summed E-state index contributed by atoms with van der Waals surface area (Å²) < 4.78 is 0. The van der Waals surface area contributed by atoms with Gasteiger partial charge in [-0.25, -0.2) is 0 Å². The molecule has 0 spiro atoms. The standard InChI is InChI=1S/C17H21N5OS/c1-11-5-6-20-17-21(10-12(8-18)9-19-2)16(23)14-7-13(24)3-4-15(14)22(11)17/h3-4,7-9,11,24H,5-6,10,18H2,1-2H3/b12-8+,19-9?/t11-/m1/s1. The molecule has 7 heteroatoms. The van der Waals surface area contributed by atoms with Crippen molar-refractivity contribution in [1.82, 2.24) is 4.90 Å². The van der Waals surface area contributed by atoms with Crippen LogP contribution in [0.3, 0.4) is 0 Å². The number of nitrogens with two attached hydrogens (primary N) is 1. The molecule has 2 N–H and O–H groups in total. The molecule has 0 saturated carbocycles. The van der Waals surface area contributed by atoms with Crippen molar-refractivity contribution in [2.24, 2.45) is 15.7 Å². The lowest BCUT2D eigenvalue weighted by Crippen LogP contribution is -2.57. The number of anilines is 1. The van der Waals surface area contributed by atoms with Gasteiger partial charge in [-0.2, -0.15) is 0 Å². The van der Waals surface area contributed by atoms with Gasteiger partial charge in [-0.1, -0.05) is 0 Å². The number of thiol groups is 1. The molecule has 6 nitrogen and oxygen atoms in total. The zero-order valence-electron chi connectivity index (χ0n) is 13.8. The van der Waals surface area contributed by atoms with E-state index in [1.807, 2.05) is 18.2 Å². The van der Waals surface area contributed by atoms with Crippen LogP contribution in [-0.2, 0) is 0 Å². The number of hydrogen-bond donors (Lipinski definition) is 2. The van der Waals surface area contributed by atoms with Crippen LogP contribution in [-0.4, -0.2) is 49.2 Å². The van der Waals surface area contributed by atoms with Crippen LogP contribution in [0.5, 0.6) is 0 Å². The van der Waals surface area contributed by atoms with E-state index in [1.165, 1.54) is 6.20 Å². The first-order chi connectivity index (χ1) is 11.6. The Morgan fingerprint density at radius 1 is 1.54 bits per heavy atom. The molecular weight excluding hydrogens is 322 g/mol. The van der Waals surface area contributed by atoms with Crippen molar-refractivity contribution in [3.05, 3.63) is 35.5 Å². The van der Waals surface area contributed by atoms with Gasteiger partial charge in [0.1, 0.15) is 0 Å². The van der Waals surface area contributed by atoms with Crippen LogP contribution < -0.4 is 10.6 Å². The van der Waals surface area contributed by atoms with Gasteiger partial charge in [-0.3, -0.25) is 19.7 Å². The van der Waals surface area contributed by atoms with E-state index in [0.29, 0.717) is 24.6 Å². The Balaban J connectivity index is 2.10. The van der Waals surface area contributed by atoms with Gasteiger partial charge in [0.25, 0.3) is 5.91 Å². The zero-order chi connectivity index (χ0) is 17.3. The molecule has 126 valence electrons. The van der Waals surface area contributed by atoms with Gasteiger partial charge in [0.2, 0.25) is 5.96 Å². The second-order valence-electron chi connectivity index (χ2n) is 5.91. The molecule has 0 aliphatic carbocycles. The summed E-state index contributed by atoms with van der Waals surface area (Å²) in [6.45, 7) is 3.19. The summed E-state index contributed by atoms with van der Waals surface area (Å²) in [6, 6.07) is 5.92. The topological polar surface area (TPSA) is 74.3 Å². The van der Waals surface area contributed by atoms with E-state index in [2.05, 4.69) is 34.4 Å². The van der Waals surface area contributed by atoms with Crippen molar-refractivity contribution in [2.75, 3.05) is 25.0 Å². The molecule has 1 aromatic carbocycles. The van der Waals surface area contributed by atoms with Crippen molar-refractivity contribution in [3.63, 3.8) is 0 Å². The minimum Gasteiger partial charge on any atom is -0.404 e. The molecule has 0 unspecified atom stereocenters. The molecule has 0 bridgehead atoms. The summed E-state index contributed by atoms with van der Waals surface area (Å²) in [4.78, 5) is 26.2. The fraction of sp³-hybridized carbons (Fsp3) is 0.353. The highest BCUT2D eigenvalue weighted by atomic mass is 32.1. The van der Waals surface area contributed by atoms with E-state index in [0.717, 1.165) is 22.6 Å². The summed E-state index contributed by atoms with van der Waals surface area (Å²) in [5.74, 6) is 0.593. The van der Waals surface area contributed by atoms with E-state index >= 15 is 0 Å². The SMILES string of the molecule is CN=C/C(=C\N)CN1C(=O)c2cc(S)ccc2N2C1=NCC[C@H]2C. The van der Waals surface area contributed by atoms with Crippen LogP contribution in [0.15, 0.2) is 44.9 Å². The Morgan fingerprint density at radius 3 is 3.04 bits per heavy atom. The highest BCUT2D eigenvalue weighted by Crippen LogP contribution is 2.34. The van der Waals surface area contributed by atoms with Crippen molar-refractivity contribution >= 4 is 36.4 Å². The number of aliphatic imine (C=N–C) groups is 2. The number of fused-ring (bicyclic) bond motifs is 3.